The Balaban J connectivity index is 2.66. The van der Waals surface area contributed by atoms with Crippen LogP contribution < -0.4 is 4.74 Å². The molecule has 0 heterocycles. The molecule has 0 fully saturated rings. The first kappa shape index (κ1) is 14.0. The van der Waals surface area contributed by atoms with Gasteiger partial charge in [0.25, 0.3) is 0 Å². The molecule has 0 radical (unpaired) electrons. The standard InChI is InChI=1S/C13H17NO4/c1-4-18-13(16)12(15)14(2)9-10-6-5-7-11(8-10)17-3/h5-8H,4,9H2,1-3H3. The van der Waals surface area contributed by atoms with E-state index in [9.17, 15) is 9.59 Å². The van der Waals surface area contributed by atoms with Crippen LogP contribution >= 0.6 is 0 Å². The quantitative estimate of drug-likeness (QED) is 0.596. The summed E-state index contributed by atoms with van der Waals surface area (Å²) < 4.78 is 9.74. The van der Waals surface area contributed by atoms with E-state index in [4.69, 9.17) is 4.74 Å². The second-order valence-electron chi connectivity index (χ2n) is 3.73. The molecule has 0 aliphatic carbocycles. The molecule has 5 heteroatoms. The predicted molar refractivity (Wildman–Crippen MR) is 66.1 cm³/mol. The first-order valence-corrected chi connectivity index (χ1v) is 5.63. The summed E-state index contributed by atoms with van der Waals surface area (Å²) in [6.07, 6.45) is 0. The summed E-state index contributed by atoms with van der Waals surface area (Å²) >= 11 is 0. The minimum atomic E-state index is -0.831. The number of carbonyl (C=O) groups is 2. The third-order valence-electron chi connectivity index (χ3n) is 2.35. The fraction of sp³-hybridized carbons (Fsp3) is 0.385. The molecule has 0 atom stereocenters. The van der Waals surface area contributed by atoms with Crippen LogP contribution in [0.1, 0.15) is 12.5 Å². The Morgan fingerprint density at radius 2 is 2.06 bits per heavy atom. The summed E-state index contributed by atoms with van der Waals surface area (Å²) in [6.45, 7) is 2.18. The Hall–Kier alpha value is -2.04. The van der Waals surface area contributed by atoms with Gasteiger partial charge in [-0.05, 0) is 24.6 Å². The van der Waals surface area contributed by atoms with Crippen molar-refractivity contribution in [3.05, 3.63) is 29.8 Å². The van der Waals surface area contributed by atoms with Crippen LogP contribution in [0.3, 0.4) is 0 Å². The molecule has 98 valence electrons. The van der Waals surface area contributed by atoms with E-state index in [2.05, 4.69) is 4.74 Å². The van der Waals surface area contributed by atoms with E-state index in [0.717, 1.165) is 5.56 Å². The largest absolute Gasteiger partial charge is 0.497 e. The molecule has 0 bridgehead atoms. The van der Waals surface area contributed by atoms with E-state index in [1.54, 1.807) is 21.1 Å². The van der Waals surface area contributed by atoms with E-state index in [1.807, 2.05) is 24.3 Å². The molecule has 1 aromatic carbocycles. The second kappa shape index (κ2) is 6.64. The number of carbonyl (C=O) groups excluding carboxylic acids is 2. The summed E-state index contributed by atoms with van der Waals surface area (Å²) in [5.74, 6) is -0.771. The zero-order valence-corrected chi connectivity index (χ0v) is 10.8. The van der Waals surface area contributed by atoms with Gasteiger partial charge in [0.05, 0.1) is 13.7 Å². The lowest BCUT2D eigenvalue weighted by Gasteiger charge is -2.16. The molecule has 1 rings (SSSR count). The van der Waals surface area contributed by atoms with Crippen molar-refractivity contribution < 1.29 is 19.1 Å². The van der Waals surface area contributed by atoms with Crippen LogP contribution in [0, 0.1) is 0 Å². The van der Waals surface area contributed by atoms with Crippen LogP contribution in [0.2, 0.25) is 0 Å². The van der Waals surface area contributed by atoms with E-state index >= 15 is 0 Å². The third kappa shape index (κ3) is 3.76. The van der Waals surface area contributed by atoms with Crippen LogP contribution in [0.25, 0.3) is 0 Å². The van der Waals surface area contributed by atoms with Gasteiger partial charge in [0.15, 0.2) is 0 Å². The Bertz CT molecular complexity index is 431. The monoisotopic (exact) mass is 251 g/mol. The number of methoxy groups -OCH3 is 1. The summed E-state index contributed by atoms with van der Waals surface area (Å²) in [6, 6.07) is 7.32. The van der Waals surface area contributed by atoms with Crippen molar-refractivity contribution in [2.45, 2.75) is 13.5 Å². The smallest absolute Gasteiger partial charge is 0.397 e. The summed E-state index contributed by atoms with van der Waals surface area (Å²) in [5.41, 5.74) is 0.884. The Morgan fingerprint density at radius 1 is 1.33 bits per heavy atom. The number of benzene rings is 1. The summed E-state index contributed by atoms with van der Waals surface area (Å²) in [5, 5.41) is 0. The van der Waals surface area contributed by atoms with Crippen molar-refractivity contribution in [1.82, 2.24) is 4.90 Å². The van der Waals surface area contributed by atoms with Crippen molar-refractivity contribution >= 4 is 11.9 Å². The van der Waals surface area contributed by atoms with Gasteiger partial charge >= 0.3 is 11.9 Å². The number of hydrogen-bond acceptors (Lipinski definition) is 4. The molecule has 1 aromatic rings. The normalized spacial score (nSPS) is 9.72. The molecule has 0 aromatic heterocycles. The molecule has 0 aliphatic heterocycles. The Morgan fingerprint density at radius 3 is 2.67 bits per heavy atom. The number of likely N-dealkylation sites (N-methyl/N-ethyl adjacent to an activating group) is 1. The third-order valence-corrected chi connectivity index (χ3v) is 2.35. The Labute approximate surface area is 106 Å². The van der Waals surface area contributed by atoms with Gasteiger partial charge in [0, 0.05) is 13.6 Å². The number of ether oxygens (including phenoxy) is 2. The molecule has 0 aliphatic rings. The number of rotatable bonds is 4. The van der Waals surface area contributed by atoms with Gasteiger partial charge < -0.3 is 14.4 Å². The molecule has 0 saturated heterocycles. The first-order valence-electron chi connectivity index (χ1n) is 5.63. The molecule has 0 spiro atoms. The summed E-state index contributed by atoms with van der Waals surface area (Å²) in [7, 11) is 3.13. The highest BCUT2D eigenvalue weighted by Gasteiger charge is 2.19. The second-order valence-corrected chi connectivity index (χ2v) is 3.73. The van der Waals surface area contributed by atoms with E-state index in [0.29, 0.717) is 12.3 Å². The molecule has 18 heavy (non-hydrogen) atoms. The highest BCUT2D eigenvalue weighted by atomic mass is 16.5. The number of esters is 1. The highest BCUT2D eigenvalue weighted by molar-refractivity contribution is 6.32. The van der Waals surface area contributed by atoms with E-state index in [-0.39, 0.29) is 6.61 Å². The molecule has 5 nitrogen and oxygen atoms in total. The fourth-order valence-corrected chi connectivity index (χ4v) is 1.47. The SMILES string of the molecule is CCOC(=O)C(=O)N(C)Cc1cccc(OC)c1. The van der Waals surface area contributed by atoms with Crippen molar-refractivity contribution in [3.63, 3.8) is 0 Å². The first-order chi connectivity index (χ1) is 8.58. The van der Waals surface area contributed by atoms with Gasteiger partial charge in [-0.2, -0.15) is 0 Å². The van der Waals surface area contributed by atoms with Gasteiger partial charge in [-0.25, -0.2) is 4.79 Å². The van der Waals surface area contributed by atoms with Gasteiger partial charge in [-0.3, -0.25) is 4.79 Å². The van der Waals surface area contributed by atoms with Gasteiger partial charge in [0.2, 0.25) is 0 Å². The fourth-order valence-electron chi connectivity index (χ4n) is 1.47. The van der Waals surface area contributed by atoms with Gasteiger partial charge in [0.1, 0.15) is 5.75 Å². The average molecular weight is 251 g/mol. The van der Waals surface area contributed by atoms with Crippen molar-refractivity contribution in [1.29, 1.82) is 0 Å². The van der Waals surface area contributed by atoms with Crippen LogP contribution in [-0.4, -0.2) is 37.5 Å². The Kier molecular flexibility index (Phi) is 5.17. The van der Waals surface area contributed by atoms with Crippen molar-refractivity contribution in [2.75, 3.05) is 20.8 Å². The lowest BCUT2D eigenvalue weighted by molar-refractivity contribution is -0.159. The van der Waals surface area contributed by atoms with Crippen molar-refractivity contribution in [2.24, 2.45) is 0 Å². The summed E-state index contributed by atoms with van der Waals surface area (Å²) in [4.78, 5) is 24.2. The molecular formula is C13H17NO4. The van der Waals surface area contributed by atoms with Crippen LogP contribution in [0.4, 0.5) is 0 Å². The maximum absolute atomic E-state index is 11.6. The number of nitrogens with zero attached hydrogens (tertiary/aromatic N) is 1. The van der Waals surface area contributed by atoms with E-state index in [1.165, 1.54) is 4.90 Å². The molecular weight excluding hydrogens is 234 g/mol. The lowest BCUT2D eigenvalue weighted by atomic mass is 10.2. The zero-order chi connectivity index (χ0) is 13.5. The van der Waals surface area contributed by atoms with Crippen LogP contribution in [0.5, 0.6) is 5.75 Å². The zero-order valence-electron chi connectivity index (χ0n) is 10.8. The van der Waals surface area contributed by atoms with Gasteiger partial charge in [-0.15, -0.1) is 0 Å². The average Bonchev–Trinajstić information content (AvgIpc) is 2.38. The molecule has 1 amide bonds. The van der Waals surface area contributed by atoms with Crippen LogP contribution in [0.15, 0.2) is 24.3 Å². The highest BCUT2D eigenvalue weighted by Crippen LogP contribution is 2.13. The number of hydrogen-bond donors (Lipinski definition) is 0. The van der Waals surface area contributed by atoms with Crippen molar-refractivity contribution in [3.8, 4) is 5.75 Å². The topological polar surface area (TPSA) is 55.8 Å². The maximum Gasteiger partial charge on any atom is 0.397 e. The molecule has 0 unspecified atom stereocenters. The lowest BCUT2D eigenvalue weighted by Crippen LogP contribution is -2.34. The predicted octanol–water partition coefficient (Wildman–Crippen LogP) is 1.22. The van der Waals surface area contributed by atoms with Crippen LogP contribution in [-0.2, 0) is 20.9 Å². The molecule has 0 saturated carbocycles. The van der Waals surface area contributed by atoms with E-state index < -0.39 is 11.9 Å². The maximum atomic E-state index is 11.6. The molecule has 0 N–H and O–H groups in total. The number of amides is 1. The minimum absolute atomic E-state index is 0.192. The van der Waals surface area contributed by atoms with Gasteiger partial charge in [-0.1, -0.05) is 12.1 Å². The minimum Gasteiger partial charge on any atom is -0.497 e.